The van der Waals surface area contributed by atoms with Crippen LogP contribution in [0.25, 0.3) is 27.8 Å². The Morgan fingerprint density at radius 2 is 1.76 bits per heavy atom. The fourth-order valence-electron chi connectivity index (χ4n) is 4.13. The summed E-state index contributed by atoms with van der Waals surface area (Å²) in [6.07, 6.45) is 1.82. The molecule has 29 heavy (non-hydrogen) atoms. The molecule has 1 fully saturated rings. The number of carboxylic acids is 1. The van der Waals surface area contributed by atoms with E-state index in [9.17, 15) is 14.7 Å². The van der Waals surface area contributed by atoms with Gasteiger partial charge in [0.25, 0.3) is 5.56 Å². The zero-order chi connectivity index (χ0) is 20.0. The topological polar surface area (TPSA) is 97.5 Å². The van der Waals surface area contributed by atoms with Crippen LogP contribution in [0.3, 0.4) is 0 Å². The van der Waals surface area contributed by atoms with Gasteiger partial charge in [-0.25, -0.2) is 4.98 Å². The van der Waals surface area contributed by atoms with Gasteiger partial charge in [-0.15, -0.1) is 0 Å². The molecule has 2 aromatic carbocycles. The zero-order valence-electron chi connectivity index (χ0n) is 15.5. The van der Waals surface area contributed by atoms with Gasteiger partial charge in [-0.1, -0.05) is 42.5 Å². The summed E-state index contributed by atoms with van der Waals surface area (Å²) in [5.41, 5.74) is 1.73. The highest BCUT2D eigenvalue weighted by molar-refractivity contribution is 5.91. The summed E-state index contributed by atoms with van der Waals surface area (Å²) in [5, 5.41) is 14.8. The van der Waals surface area contributed by atoms with Crippen LogP contribution in [0.2, 0.25) is 0 Å². The van der Waals surface area contributed by atoms with E-state index in [2.05, 4.69) is 10.1 Å². The normalized spacial score (nSPS) is 19.0. The second-order valence-corrected chi connectivity index (χ2v) is 7.40. The number of hydrogen-bond donors (Lipinski definition) is 1. The van der Waals surface area contributed by atoms with Gasteiger partial charge < -0.3 is 5.11 Å². The van der Waals surface area contributed by atoms with Crippen LogP contribution in [0.4, 0.5) is 0 Å². The number of aromatic nitrogens is 4. The van der Waals surface area contributed by atoms with Gasteiger partial charge in [0.15, 0.2) is 11.3 Å². The maximum absolute atomic E-state index is 12.8. The zero-order valence-corrected chi connectivity index (χ0v) is 15.5. The van der Waals surface area contributed by atoms with E-state index in [1.54, 1.807) is 4.52 Å². The summed E-state index contributed by atoms with van der Waals surface area (Å²) < 4.78 is 1.64. The molecule has 5 rings (SSSR count). The van der Waals surface area contributed by atoms with Crippen molar-refractivity contribution in [1.29, 1.82) is 0 Å². The average Bonchev–Trinajstić information content (AvgIpc) is 3.24. The Balaban J connectivity index is 1.78. The molecule has 0 spiro atoms. The number of fused-ring (bicyclic) bond motifs is 3. The Hall–Kier alpha value is -3.61. The van der Waals surface area contributed by atoms with E-state index in [0.29, 0.717) is 36.3 Å². The molecule has 1 N–H and O–H groups in total. The van der Waals surface area contributed by atoms with Gasteiger partial charge in [0, 0.05) is 16.9 Å². The number of carboxylic acid groups (broad SMARTS) is 1. The lowest BCUT2D eigenvalue weighted by atomic mass is 10.0. The van der Waals surface area contributed by atoms with Gasteiger partial charge in [0.2, 0.25) is 0 Å². The molecule has 0 aliphatic heterocycles. The van der Waals surface area contributed by atoms with Crippen LogP contribution < -0.4 is 5.56 Å². The summed E-state index contributed by atoms with van der Waals surface area (Å²) >= 11 is 0. The molecule has 7 heteroatoms. The maximum Gasteiger partial charge on any atom is 0.306 e. The molecule has 0 radical (unpaired) electrons. The first-order valence-electron chi connectivity index (χ1n) is 9.60. The minimum atomic E-state index is -0.777. The molecule has 7 nitrogen and oxygen atoms in total. The molecule has 2 atom stereocenters. The van der Waals surface area contributed by atoms with Gasteiger partial charge in [-0.05, 0) is 31.4 Å². The van der Waals surface area contributed by atoms with Crippen LogP contribution in [0, 0.1) is 5.92 Å². The van der Waals surface area contributed by atoms with Crippen LogP contribution >= 0.6 is 0 Å². The Labute approximate surface area is 165 Å². The SMILES string of the molecule is O=C(O)[C@@H]1CC[C@H](c2nc3ccccc3c3nc(=O)c(-c4ccccc4)nn23)C1. The summed E-state index contributed by atoms with van der Waals surface area (Å²) in [7, 11) is 0. The minimum Gasteiger partial charge on any atom is -0.481 e. The highest BCUT2D eigenvalue weighted by Gasteiger charge is 2.33. The third-order valence-corrected chi connectivity index (χ3v) is 5.60. The number of carbonyl (C=O) groups is 1. The fraction of sp³-hybridized carbons (Fsp3) is 0.227. The second kappa shape index (κ2) is 6.77. The van der Waals surface area contributed by atoms with Crippen molar-refractivity contribution in [3.8, 4) is 11.3 Å². The van der Waals surface area contributed by atoms with Crippen LogP contribution in [-0.4, -0.2) is 30.7 Å². The van der Waals surface area contributed by atoms with Crippen molar-refractivity contribution in [2.24, 2.45) is 5.92 Å². The Kier molecular flexibility index (Phi) is 4.08. The van der Waals surface area contributed by atoms with Crippen molar-refractivity contribution in [3.05, 3.63) is 70.8 Å². The lowest BCUT2D eigenvalue weighted by Gasteiger charge is -2.15. The lowest BCUT2D eigenvalue weighted by Crippen LogP contribution is -2.20. The standard InChI is InChI=1S/C22H18N4O3/c27-21-18(13-6-2-1-3-7-13)25-26-19(14-10-11-15(12-14)22(28)29)23-17-9-5-4-8-16(17)20(26)24-21/h1-9,14-15H,10-12H2,(H,28,29)/t14-,15+/m0/s1. The van der Waals surface area contributed by atoms with Gasteiger partial charge in [-0.3, -0.25) is 9.59 Å². The van der Waals surface area contributed by atoms with E-state index in [1.165, 1.54) is 0 Å². The highest BCUT2D eigenvalue weighted by atomic mass is 16.4. The summed E-state index contributed by atoms with van der Waals surface area (Å²) in [6, 6.07) is 16.7. The van der Waals surface area contributed by atoms with E-state index in [0.717, 1.165) is 10.9 Å². The second-order valence-electron chi connectivity index (χ2n) is 7.40. The number of benzene rings is 2. The molecular weight excluding hydrogens is 368 g/mol. The Morgan fingerprint density at radius 3 is 2.52 bits per heavy atom. The molecule has 2 aromatic heterocycles. The van der Waals surface area contributed by atoms with Crippen LogP contribution in [-0.2, 0) is 4.79 Å². The number of para-hydroxylation sites is 1. The van der Waals surface area contributed by atoms with Gasteiger partial charge in [0.05, 0.1) is 11.4 Å². The third kappa shape index (κ3) is 2.95. The van der Waals surface area contributed by atoms with E-state index < -0.39 is 11.5 Å². The van der Waals surface area contributed by atoms with Gasteiger partial charge >= 0.3 is 5.97 Å². The van der Waals surface area contributed by atoms with Gasteiger partial charge in [0.1, 0.15) is 5.82 Å². The first-order valence-corrected chi connectivity index (χ1v) is 9.60. The minimum absolute atomic E-state index is 0.0522. The predicted octanol–water partition coefficient (Wildman–Crippen LogP) is 3.27. The molecule has 2 heterocycles. The number of aliphatic carboxylic acids is 1. The van der Waals surface area contributed by atoms with Crippen LogP contribution in [0.5, 0.6) is 0 Å². The molecule has 144 valence electrons. The molecule has 1 aliphatic carbocycles. The fourth-order valence-corrected chi connectivity index (χ4v) is 4.13. The molecular formula is C22H18N4O3. The number of hydrogen-bond acceptors (Lipinski definition) is 5. The summed E-state index contributed by atoms with van der Waals surface area (Å²) in [5.74, 6) is -0.555. The third-order valence-electron chi connectivity index (χ3n) is 5.60. The summed E-state index contributed by atoms with van der Waals surface area (Å²) in [4.78, 5) is 33.4. The first-order chi connectivity index (χ1) is 14.1. The highest BCUT2D eigenvalue weighted by Crippen LogP contribution is 2.38. The van der Waals surface area contributed by atoms with Crippen molar-refractivity contribution in [3.63, 3.8) is 0 Å². The molecule has 1 aliphatic rings. The Morgan fingerprint density at radius 1 is 1.00 bits per heavy atom. The Bertz CT molecular complexity index is 1300. The largest absolute Gasteiger partial charge is 0.481 e. The predicted molar refractivity (Wildman–Crippen MR) is 108 cm³/mol. The smallest absolute Gasteiger partial charge is 0.306 e. The van der Waals surface area contributed by atoms with E-state index in [1.807, 2.05) is 54.6 Å². The van der Waals surface area contributed by atoms with Crippen molar-refractivity contribution >= 4 is 22.5 Å². The first kappa shape index (κ1) is 17.5. The number of rotatable bonds is 3. The van der Waals surface area contributed by atoms with Crippen LogP contribution in [0.15, 0.2) is 59.4 Å². The molecule has 0 saturated heterocycles. The van der Waals surface area contributed by atoms with Crippen LogP contribution in [0.1, 0.15) is 31.0 Å². The quantitative estimate of drug-likeness (QED) is 0.543. The van der Waals surface area contributed by atoms with Crippen molar-refractivity contribution in [2.45, 2.75) is 25.2 Å². The van der Waals surface area contributed by atoms with Crippen molar-refractivity contribution in [1.82, 2.24) is 19.6 Å². The monoisotopic (exact) mass is 386 g/mol. The van der Waals surface area contributed by atoms with E-state index >= 15 is 0 Å². The van der Waals surface area contributed by atoms with Crippen molar-refractivity contribution < 1.29 is 9.90 Å². The molecule has 0 bridgehead atoms. The maximum atomic E-state index is 12.8. The van der Waals surface area contributed by atoms with E-state index in [-0.39, 0.29) is 17.5 Å². The molecule has 4 aromatic rings. The molecule has 1 saturated carbocycles. The van der Waals surface area contributed by atoms with Gasteiger partial charge in [-0.2, -0.15) is 14.6 Å². The van der Waals surface area contributed by atoms with E-state index in [4.69, 9.17) is 4.98 Å². The number of nitrogens with zero attached hydrogens (tertiary/aromatic N) is 4. The average molecular weight is 386 g/mol. The lowest BCUT2D eigenvalue weighted by molar-refractivity contribution is -0.141. The molecule has 0 amide bonds. The van der Waals surface area contributed by atoms with Crippen molar-refractivity contribution in [2.75, 3.05) is 0 Å². The summed E-state index contributed by atoms with van der Waals surface area (Å²) in [6.45, 7) is 0. The molecule has 0 unspecified atom stereocenters.